The molecule has 0 bridgehead atoms. The zero-order valence-corrected chi connectivity index (χ0v) is 13.0. The molecule has 2 rings (SSSR count). The molecule has 2 aromatic rings. The molecule has 1 heterocycles. The highest BCUT2D eigenvalue weighted by atomic mass is 35.5. The van der Waals surface area contributed by atoms with Crippen LogP contribution in [0.3, 0.4) is 0 Å². The first-order valence-electron chi connectivity index (χ1n) is 5.93. The van der Waals surface area contributed by atoms with Crippen LogP contribution >= 0.6 is 23.2 Å². The highest BCUT2D eigenvalue weighted by Gasteiger charge is 2.19. The minimum atomic E-state index is -3.75. The van der Waals surface area contributed by atoms with Gasteiger partial charge in [0.05, 0.1) is 6.10 Å². The molecular weight excluding hydrogens is 335 g/mol. The van der Waals surface area contributed by atoms with Crippen molar-refractivity contribution in [3.8, 4) is 0 Å². The van der Waals surface area contributed by atoms with Gasteiger partial charge in [0.25, 0.3) is 0 Å². The third kappa shape index (κ3) is 3.93. The van der Waals surface area contributed by atoms with Gasteiger partial charge in [-0.2, -0.15) is 0 Å². The van der Waals surface area contributed by atoms with Gasteiger partial charge in [0.2, 0.25) is 10.0 Å². The first kappa shape index (κ1) is 16.2. The third-order valence-corrected chi connectivity index (χ3v) is 4.81. The molecule has 0 saturated carbocycles. The highest BCUT2D eigenvalue weighted by molar-refractivity contribution is 7.89. The van der Waals surface area contributed by atoms with E-state index in [0.29, 0.717) is 0 Å². The summed E-state index contributed by atoms with van der Waals surface area (Å²) in [4.78, 5) is 3.76. The predicted molar refractivity (Wildman–Crippen MR) is 80.8 cm³/mol. The van der Waals surface area contributed by atoms with E-state index in [2.05, 4.69) is 9.71 Å². The Morgan fingerprint density at radius 2 is 1.86 bits per heavy atom. The largest absolute Gasteiger partial charge is 0.387 e. The lowest BCUT2D eigenvalue weighted by Gasteiger charge is -2.15. The maximum absolute atomic E-state index is 12.0. The van der Waals surface area contributed by atoms with Crippen molar-refractivity contribution >= 4 is 33.2 Å². The van der Waals surface area contributed by atoms with Crippen LogP contribution in [-0.2, 0) is 10.0 Å². The van der Waals surface area contributed by atoms with E-state index in [0.717, 1.165) is 0 Å². The molecular formula is C13H12Cl2N2O3S. The van der Waals surface area contributed by atoms with Gasteiger partial charge in [-0.25, -0.2) is 13.1 Å². The summed E-state index contributed by atoms with van der Waals surface area (Å²) in [6.45, 7) is -0.249. The molecule has 112 valence electrons. The van der Waals surface area contributed by atoms with Gasteiger partial charge < -0.3 is 5.11 Å². The number of nitrogens with one attached hydrogen (secondary N) is 1. The number of aliphatic hydroxyl groups is 1. The van der Waals surface area contributed by atoms with Gasteiger partial charge in [-0.1, -0.05) is 29.3 Å². The van der Waals surface area contributed by atoms with E-state index in [4.69, 9.17) is 23.2 Å². The minimum Gasteiger partial charge on any atom is -0.387 e. The number of hydrogen-bond acceptors (Lipinski definition) is 4. The number of rotatable bonds is 5. The molecule has 0 aliphatic heterocycles. The molecule has 0 saturated heterocycles. The normalized spacial score (nSPS) is 13.1. The standard InChI is InChI=1S/C13H12Cl2N2O3S/c14-10-4-1-5-11(15)13(10)12(18)8-17-21(19,20)9-3-2-6-16-7-9/h1-7,12,17-18H,8H2. The maximum atomic E-state index is 12.0. The molecule has 21 heavy (non-hydrogen) atoms. The van der Waals surface area contributed by atoms with Crippen molar-refractivity contribution in [3.05, 3.63) is 58.3 Å². The topological polar surface area (TPSA) is 79.3 Å². The van der Waals surface area contributed by atoms with Crippen molar-refractivity contribution < 1.29 is 13.5 Å². The Bertz CT molecular complexity index is 703. The van der Waals surface area contributed by atoms with Crippen molar-refractivity contribution in [2.75, 3.05) is 6.54 Å². The number of aromatic nitrogens is 1. The molecule has 2 N–H and O–H groups in total. The Balaban J connectivity index is 2.13. The number of nitrogens with zero attached hydrogens (tertiary/aromatic N) is 1. The molecule has 1 unspecified atom stereocenters. The SMILES string of the molecule is O=S(=O)(NCC(O)c1c(Cl)cccc1Cl)c1cccnc1. The van der Waals surface area contributed by atoms with Crippen molar-refractivity contribution in [3.63, 3.8) is 0 Å². The van der Waals surface area contributed by atoms with Crippen LogP contribution in [0.5, 0.6) is 0 Å². The number of sulfonamides is 1. The van der Waals surface area contributed by atoms with Crippen LogP contribution in [0.2, 0.25) is 10.0 Å². The van der Waals surface area contributed by atoms with Crippen molar-refractivity contribution in [2.24, 2.45) is 0 Å². The lowest BCUT2D eigenvalue weighted by molar-refractivity contribution is 0.182. The quantitative estimate of drug-likeness (QED) is 0.871. The second-order valence-corrected chi connectivity index (χ2v) is 6.77. The van der Waals surface area contributed by atoms with Gasteiger partial charge in [-0.3, -0.25) is 4.98 Å². The summed E-state index contributed by atoms with van der Waals surface area (Å²) in [5.74, 6) is 0. The van der Waals surface area contributed by atoms with Crippen molar-refractivity contribution in [1.82, 2.24) is 9.71 Å². The number of hydrogen-bond donors (Lipinski definition) is 2. The monoisotopic (exact) mass is 346 g/mol. The minimum absolute atomic E-state index is 0.0162. The third-order valence-electron chi connectivity index (χ3n) is 2.74. The van der Waals surface area contributed by atoms with E-state index in [1.807, 2.05) is 0 Å². The second-order valence-electron chi connectivity index (χ2n) is 4.19. The van der Waals surface area contributed by atoms with Crippen LogP contribution in [0.15, 0.2) is 47.6 Å². The molecule has 0 aliphatic carbocycles. The summed E-state index contributed by atoms with van der Waals surface area (Å²) in [7, 11) is -3.75. The molecule has 5 nitrogen and oxygen atoms in total. The molecule has 1 atom stereocenters. The van der Waals surface area contributed by atoms with Crippen LogP contribution < -0.4 is 4.72 Å². The first-order chi connectivity index (χ1) is 9.92. The lowest BCUT2D eigenvalue weighted by Crippen LogP contribution is -2.28. The average molecular weight is 347 g/mol. The summed E-state index contributed by atoms with van der Waals surface area (Å²) >= 11 is 11.9. The van der Waals surface area contributed by atoms with Gasteiger partial charge in [0, 0.05) is 34.5 Å². The van der Waals surface area contributed by atoms with Crippen LogP contribution in [0.4, 0.5) is 0 Å². The fourth-order valence-corrected chi connectivity index (χ4v) is 3.36. The van der Waals surface area contributed by atoms with Crippen LogP contribution in [-0.4, -0.2) is 25.1 Å². The Morgan fingerprint density at radius 1 is 1.19 bits per heavy atom. The Kier molecular flexibility index (Phi) is 5.18. The molecule has 0 fully saturated rings. The Labute approximate surface area is 132 Å². The van der Waals surface area contributed by atoms with Crippen LogP contribution in [0, 0.1) is 0 Å². The van der Waals surface area contributed by atoms with Gasteiger partial charge >= 0.3 is 0 Å². The predicted octanol–water partition coefficient (Wildman–Crippen LogP) is 2.40. The van der Waals surface area contributed by atoms with Crippen molar-refractivity contribution in [1.29, 1.82) is 0 Å². The van der Waals surface area contributed by atoms with E-state index < -0.39 is 16.1 Å². The van der Waals surface area contributed by atoms with Gasteiger partial charge in [-0.15, -0.1) is 0 Å². The molecule has 1 aromatic carbocycles. The van der Waals surface area contributed by atoms with Gasteiger partial charge in [0.1, 0.15) is 4.90 Å². The van der Waals surface area contributed by atoms with Crippen LogP contribution in [0.1, 0.15) is 11.7 Å². The molecule has 0 spiro atoms. The maximum Gasteiger partial charge on any atom is 0.242 e. The average Bonchev–Trinajstić information content (AvgIpc) is 2.46. The fourth-order valence-electron chi connectivity index (χ4n) is 1.71. The molecule has 0 amide bonds. The highest BCUT2D eigenvalue weighted by Crippen LogP contribution is 2.30. The van der Waals surface area contributed by atoms with Gasteiger partial charge in [0.15, 0.2) is 0 Å². The van der Waals surface area contributed by atoms with Gasteiger partial charge in [-0.05, 0) is 24.3 Å². The zero-order chi connectivity index (χ0) is 15.5. The zero-order valence-electron chi connectivity index (χ0n) is 10.7. The molecule has 0 radical (unpaired) electrons. The number of halogens is 2. The van der Waals surface area contributed by atoms with E-state index >= 15 is 0 Å². The first-order valence-corrected chi connectivity index (χ1v) is 8.17. The Morgan fingerprint density at radius 3 is 2.43 bits per heavy atom. The number of pyridine rings is 1. The van der Waals surface area contributed by atoms with E-state index in [9.17, 15) is 13.5 Å². The number of aliphatic hydroxyl groups excluding tert-OH is 1. The van der Waals surface area contributed by atoms with E-state index in [1.54, 1.807) is 18.2 Å². The summed E-state index contributed by atoms with van der Waals surface area (Å²) < 4.78 is 26.3. The van der Waals surface area contributed by atoms with Crippen LogP contribution in [0.25, 0.3) is 0 Å². The molecule has 0 aliphatic rings. The van der Waals surface area contributed by atoms with E-state index in [1.165, 1.54) is 24.5 Å². The Hall–Kier alpha value is -1.18. The lowest BCUT2D eigenvalue weighted by atomic mass is 10.1. The second kappa shape index (κ2) is 6.72. The summed E-state index contributed by atoms with van der Waals surface area (Å²) in [5, 5.41) is 10.6. The summed E-state index contributed by atoms with van der Waals surface area (Å²) in [6, 6.07) is 7.70. The molecule has 8 heteroatoms. The van der Waals surface area contributed by atoms with E-state index in [-0.39, 0.29) is 27.0 Å². The number of benzene rings is 1. The van der Waals surface area contributed by atoms with Crippen molar-refractivity contribution in [2.45, 2.75) is 11.0 Å². The smallest absolute Gasteiger partial charge is 0.242 e. The summed E-state index contributed by atoms with van der Waals surface area (Å²) in [5.41, 5.74) is 0.287. The molecule has 1 aromatic heterocycles. The summed E-state index contributed by atoms with van der Waals surface area (Å²) in [6.07, 6.45) is 1.53. The fraction of sp³-hybridized carbons (Fsp3) is 0.154.